The van der Waals surface area contributed by atoms with Crippen molar-refractivity contribution in [1.29, 1.82) is 0 Å². The molecule has 2 rings (SSSR count). The van der Waals surface area contributed by atoms with Crippen LogP contribution in [0.1, 0.15) is 23.6 Å². The van der Waals surface area contributed by atoms with E-state index < -0.39 is 0 Å². The lowest BCUT2D eigenvalue weighted by atomic mass is 9.96. The number of hydrogen-bond acceptors (Lipinski definition) is 2. The van der Waals surface area contributed by atoms with Crippen LogP contribution in [0.15, 0.2) is 54.6 Å². The Balaban J connectivity index is 2.27. The summed E-state index contributed by atoms with van der Waals surface area (Å²) >= 11 is 5.93. The van der Waals surface area contributed by atoms with E-state index in [2.05, 4.69) is 17.1 Å². The van der Waals surface area contributed by atoms with Crippen molar-refractivity contribution >= 4 is 35.1 Å². The van der Waals surface area contributed by atoms with Crippen LogP contribution in [0.25, 0.3) is 17.2 Å². The zero-order valence-electron chi connectivity index (χ0n) is 14.3. The van der Waals surface area contributed by atoms with E-state index in [1.54, 1.807) is 0 Å². The van der Waals surface area contributed by atoms with E-state index in [0.717, 1.165) is 35.1 Å². The van der Waals surface area contributed by atoms with E-state index >= 15 is 0 Å². The van der Waals surface area contributed by atoms with Crippen molar-refractivity contribution in [1.82, 2.24) is 4.90 Å². The molecule has 3 heteroatoms. The average Bonchev–Trinajstić information content (AvgIpc) is 2.57. The quantitative estimate of drug-likeness (QED) is 0.417. The smallest absolute Gasteiger partial charge is 0.150 e. The number of aldehydes is 1. The molecule has 0 saturated heterocycles. The van der Waals surface area contributed by atoms with Gasteiger partial charge >= 0.3 is 0 Å². The third-order valence-electron chi connectivity index (χ3n) is 3.80. The molecule has 0 amide bonds. The van der Waals surface area contributed by atoms with Crippen molar-refractivity contribution in [2.45, 2.75) is 6.92 Å². The van der Waals surface area contributed by atoms with Crippen LogP contribution < -0.4 is 0 Å². The highest BCUT2D eigenvalue weighted by atomic mass is 35.5. The summed E-state index contributed by atoms with van der Waals surface area (Å²) < 4.78 is 0. The number of nitrogens with zero attached hydrogens (tertiary/aromatic N) is 1. The van der Waals surface area contributed by atoms with Crippen LogP contribution in [0.2, 0.25) is 5.02 Å². The van der Waals surface area contributed by atoms with Crippen LogP contribution >= 0.6 is 11.6 Å². The van der Waals surface area contributed by atoms with Gasteiger partial charge in [-0.15, -0.1) is 0 Å². The largest absolute Gasteiger partial charge is 0.306 e. The fraction of sp³-hybridized carbons (Fsp3) is 0.190. The molecular formula is C21H22ClNO. The van der Waals surface area contributed by atoms with Crippen molar-refractivity contribution < 1.29 is 4.79 Å². The number of benzene rings is 2. The van der Waals surface area contributed by atoms with Crippen LogP contribution in [0, 0.1) is 0 Å². The minimum absolute atomic E-state index is 0.688. The number of carbonyl (C=O) groups is 1. The van der Waals surface area contributed by atoms with Crippen LogP contribution in [-0.4, -0.2) is 31.8 Å². The highest BCUT2D eigenvalue weighted by Gasteiger charge is 2.07. The monoisotopic (exact) mass is 339 g/mol. The molecule has 0 saturated carbocycles. The molecule has 2 aromatic carbocycles. The van der Waals surface area contributed by atoms with Crippen LogP contribution in [0.4, 0.5) is 0 Å². The van der Waals surface area contributed by atoms with Crippen LogP contribution in [-0.2, 0) is 4.79 Å². The van der Waals surface area contributed by atoms with E-state index in [4.69, 9.17) is 11.6 Å². The number of halogens is 1. The molecule has 0 aromatic heterocycles. The van der Waals surface area contributed by atoms with Gasteiger partial charge in [-0.1, -0.05) is 60.2 Å². The SMILES string of the molecule is CC(=C(C=O)c1ccc(/C=C/CN(C)C)cc1)c1ccc(Cl)cc1. The van der Waals surface area contributed by atoms with E-state index in [1.807, 2.05) is 69.6 Å². The van der Waals surface area contributed by atoms with Gasteiger partial charge in [0.1, 0.15) is 0 Å². The molecular weight excluding hydrogens is 318 g/mol. The molecule has 124 valence electrons. The molecule has 0 fully saturated rings. The Labute approximate surface area is 149 Å². The maximum Gasteiger partial charge on any atom is 0.150 e. The van der Waals surface area contributed by atoms with Gasteiger partial charge in [0.05, 0.1) is 0 Å². The maximum absolute atomic E-state index is 11.6. The Morgan fingerprint density at radius 3 is 2.12 bits per heavy atom. The van der Waals surface area contributed by atoms with Gasteiger partial charge in [0.25, 0.3) is 0 Å². The highest BCUT2D eigenvalue weighted by Crippen LogP contribution is 2.26. The average molecular weight is 340 g/mol. The minimum Gasteiger partial charge on any atom is -0.306 e. The van der Waals surface area contributed by atoms with E-state index in [0.29, 0.717) is 10.6 Å². The molecule has 0 radical (unpaired) electrons. The van der Waals surface area contributed by atoms with Gasteiger partial charge in [-0.05, 0) is 55.4 Å². The molecule has 0 heterocycles. The second-order valence-electron chi connectivity index (χ2n) is 5.95. The van der Waals surface area contributed by atoms with Gasteiger partial charge < -0.3 is 4.90 Å². The number of likely N-dealkylation sites (N-methyl/N-ethyl adjacent to an activating group) is 1. The lowest BCUT2D eigenvalue weighted by molar-refractivity contribution is -0.103. The van der Waals surface area contributed by atoms with Gasteiger partial charge in [0, 0.05) is 17.1 Å². The molecule has 2 aromatic rings. The first-order valence-corrected chi connectivity index (χ1v) is 8.22. The summed E-state index contributed by atoms with van der Waals surface area (Å²) in [7, 11) is 4.07. The topological polar surface area (TPSA) is 20.3 Å². The number of hydrogen-bond donors (Lipinski definition) is 0. The first-order chi connectivity index (χ1) is 11.5. The number of allylic oxidation sites excluding steroid dienone is 2. The van der Waals surface area contributed by atoms with Gasteiger partial charge in [-0.3, -0.25) is 4.79 Å². The first-order valence-electron chi connectivity index (χ1n) is 7.85. The fourth-order valence-electron chi connectivity index (χ4n) is 2.40. The second-order valence-corrected chi connectivity index (χ2v) is 6.39. The zero-order valence-corrected chi connectivity index (χ0v) is 15.0. The molecule has 0 unspecified atom stereocenters. The Morgan fingerprint density at radius 1 is 1.00 bits per heavy atom. The van der Waals surface area contributed by atoms with Gasteiger partial charge in [0.15, 0.2) is 6.29 Å². The Bertz CT molecular complexity index is 740. The summed E-state index contributed by atoms with van der Waals surface area (Å²) in [5.41, 5.74) is 4.67. The Morgan fingerprint density at radius 2 is 1.58 bits per heavy atom. The van der Waals surface area contributed by atoms with Crippen molar-refractivity contribution in [3.8, 4) is 0 Å². The summed E-state index contributed by atoms with van der Waals surface area (Å²) in [6, 6.07) is 15.6. The normalized spacial score (nSPS) is 12.5. The maximum atomic E-state index is 11.6. The van der Waals surface area contributed by atoms with Crippen molar-refractivity contribution in [3.63, 3.8) is 0 Å². The molecule has 0 aliphatic heterocycles. The molecule has 0 bridgehead atoms. The predicted octanol–water partition coefficient (Wildman–Crippen LogP) is 5.04. The van der Waals surface area contributed by atoms with E-state index in [9.17, 15) is 4.79 Å². The van der Waals surface area contributed by atoms with Crippen LogP contribution in [0.3, 0.4) is 0 Å². The second kappa shape index (κ2) is 8.62. The molecule has 0 aliphatic carbocycles. The first kappa shape index (κ1) is 18.2. The van der Waals surface area contributed by atoms with E-state index in [-0.39, 0.29) is 0 Å². The molecule has 0 N–H and O–H groups in total. The predicted molar refractivity (Wildman–Crippen MR) is 104 cm³/mol. The van der Waals surface area contributed by atoms with Gasteiger partial charge in [-0.25, -0.2) is 0 Å². The number of carbonyl (C=O) groups excluding carboxylic acids is 1. The van der Waals surface area contributed by atoms with Crippen molar-refractivity contribution in [3.05, 3.63) is 76.3 Å². The molecule has 0 spiro atoms. The van der Waals surface area contributed by atoms with Gasteiger partial charge in [-0.2, -0.15) is 0 Å². The van der Waals surface area contributed by atoms with Gasteiger partial charge in [0.2, 0.25) is 0 Å². The summed E-state index contributed by atoms with van der Waals surface area (Å²) in [5, 5.41) is 0.688. The molecule has 0 aliphatic rings. The van der Waals surface area contributed by atoms with Crippen molar-refractivity contribution in [2.75, 3.05) is 20.6 Å². The summed E-state index contributed by atoms with van der Waals surface area (Å²) in [5.74, 6) is 0. The Hall–Kier alpha value is -2.16. The molecule has 2 nitrogen and oxygen atoms in total. The number of rotatable bonds is 6. The fourth-order valence-corrected chi connectivity index (χ4v) is 2.53. The Kier molecular flexibility index (Phi) is 6.53. The lowest BCUT2D eigenvalue weighted by Crippen LogP contribution is -2.10. The third kappa shape index (κ3) is 4.92. The standard InChI is InChI=1S/C21H22ClNO/c1-16(18-10-12-20(22)13-11-18)21(15-24)19-8-6-17(7-9-19)5-4-14-23(2)3/h4-13,15H,14H2,1-3H3/b5-4+,21-16?. The van der Waals surface area contributed by atoms with Crippen LogP contribution in [0.5, 0.6) is 0 Å². The summed E-state index contributed by atoms with van der Waals surface area (Å²) in [6.45, 7) is 2.86. The highest BCUT2D eigenvalue weighted by molar-refractivity contribution is 6.30. The molecule has 0 atom stereocenters. The van der Waals surface area contributed by atoms with E-state index in [1.165, 1.54) is 0 Å². The van der Waals surface area contributed by atoms with Crippen molar-refractivity contribution in [2.24, 2.45) is 0 Å². The summed E-state index contributed by atoms with van der Waals surface area (Å²) in [4.78, 5) is 13.7. The minimum atomic E-state index is 0.688. The zero-order chi connectivity index (χ0) is 17.5. The molecule has 24 heavy (non-hydrogen) atoms. The lowest BCUT2D eigenvalue weighted by Gasteiger charge is -2.08. The third-order valence-corrected chi connectivity index (χ3v) is 4.05. The summed E-state index contributed by atoms with van der Waals surface area (Å²) in [6.07, 6.45) is 5.12.